The molecular weight excluding hydrogens is 242 g/mol. The van der Waals surface area contributed by atoms with E-state index in [0.717, 1.165) is 17.9 Å². The highest BCUT2D eigenvalue weighted by atomic mass is 16.2. The van der Waals surface area contributed by atoms with Gasteiger partial charge in [-0.05, 0) is 32.5 Å². The Morgan fingerprint density at radius 1 is 1.53 bits per heavy atom. The van der Waals surface area contributed by atoms with Crippen LogP contribution in [-0.4, -0.2) is 34.9 Å². The first-order valence-electron chi connectivity index (χ1n) is 6.48. The van der Waals surface area contributed by atoms with Gasteiger partial charge in [0, 0.05) is 18.8 Å². The predicted molar refractivity (Wildman–Crippen MR) is 76.3 cm³/mol. The number of aromatic nitrogens is 1. The fourth-order valence-corrected chi connectivity index (χ4v) is 1.73. The van der Waals surface area contributed by atoms with Gasteiger partial charge in [-0.1, -0.05) is 6.92 Å². The van der Waals surface area contributed by atoms with Crippen molar-refractivity contribution >= 4 is 11.6 Å². The van der Waals surface area contributed by atoms with Crippen molar-refractivity contribution in [2.75, 3.05) is 18.5 Å². The highest BCUT2D eigenvalue weighted by Gasteiger charge is 2.11. The molecular formula is C13H23N5O. The van der Waals surface area contributed by atoms with Gasteiger partial charge >= 0.3 is 0 Å². The van der Waals surface area contributed by atoms with Crippen molar-refractivity contribution in [3.05, 3.63) is 24.0 Å². The third-order valence-corrected chi connectivity index (χ3v) is 2.63. The summed E-state index contributed by atoms with van der Waals surface area (Å²) in [5, 5.41) is 2.88. The highest BCUT2D eigenvalue weighted by Crippen LogP contribution is 2.08. The van der Waals surface area contributed by atoms with Crippen molar-refractivity contribution in [1.29, 1.82) is 0 Å². The third kappa shape index (κ3) is 5.67. The molecule has 0 aliphatic rings. The average molecular weight is 265 g/mol. The van der Waals surface area contributed by atoms with Crippen molar-refractivity contribution in [2.45, 2.75) is 33.4 Å². The first-order valence-corrected chi connectivity index (χ1v) is 6.48. The zero-order valence-electron chi connectivity index (χ0n) is 11.8. The number of hydrogen-bond donors (Lipinski definition) is 3. The van der Waals surface area contributed by atoms with E-state index in [0.29, 0.717) is 13.1 Å². The van der Waals surface area contributed by atoms with Crippen LogP contribution in [0.2, 0.25) is 0 Å². The normalized spacial score (nSPS) is 10.8. The Morgan fingerprint density at radius 2 is 2.26 bits per heavy atom. The number of nitrogens with zero attached hydrogens (tertiary/aromatic N) is 2. The zero-order chi connectivity index (χ0) is 14.3. The van der Waals surface area contributed by atoms with E-state index in [4.69, 9.17) is 5.84 Å². The number of likely N-dealkylation sites (N-methyl/N-ethyl adjacent to an activating group) is 1. The number of pyridine rings is 1. The second-order valence-corrected chi connectivity index (χ2v) is 4.71. The molecule has 0 saturated carbocycles. The maximum Gasteiger partial charge on any atom is 0.234 e. The summed E-state index contributed by atoms with van der Waals surface area (Å²) in [4.78, 5) is 18.0. The van der Waals surface area contributed by atoms with E-state index in [2.05, 4.69) is 15.7 Å². The largest absolute Gasteiger partial charge is 0.353 e. The zero-order valence-corrected chi connectivity index (χ0v) is 11.8. The molecule has 0 aliphatic carbocycles. The van der Waals surface area contributed by atoms with Crippen LogP contribution in [-0.2, 0) is 11.3 Å². The van der Waals surface area contributed by atoms with Crippen LogP contribution in [0.3, 0.4) is 0 Å². The summed E-state index contributed by atoms with van der Waals surface area (Å²) in [6, 6.07) is 3.84. The molecule has 19 heavy (non-hydrogen) atoms. The lowest BCUT2D eigenvalue weighted by atomic mass is 10.3. The lowest BCUT2D eigenvalue weighted by molar-refractivity contribution is -0.122. The summed E-state index contributed by atoms with van der Waals surface area (Å²) < 4.78 is 0. The smallest absolute Gasteiger partial charge is 0.234 e. The van der Waals surface area contributed by atoms with Gasteiger partial charge in [-0.2, -0.15) is 0 Å². The van der Waals surface area contributed by atoms with Gasteiger partial charge in [0.05, 0.1) is 17.9 Å². The molecule has 1 amide bonds. The minimum Gasteiger partial charge on any atom is -0.353 e. The van der Waals surface area contributed by atoms with Gasteiger partial charge in [0.15, 0.2) is 0 Å². The van der Waals surface area contributed by atoms with Crippen LogP contribution in [0, 0.1) is 0 Å². The predicted octanol–water partition coefficient (Wildman–Crippen LogP) is 0.714. The molecule has 0 unspecified atom stereocenters. The van der Waals surface area contributed by atoms with Crippen LogP contribution < -0.4 is 16.6 Å². The molecule has 6 nitrogen and oxygen atoms in total. The maximum absolute atomic E-state index is 11.7. The first kappa shape index (κ1) is 15.4. The third-order valence-electron chi connectivity index (χ3n) is 2.63. The molecule has 0 aliphatic heterocycles. The van der Waals surface area contributed by atoms with E-state index in [1.54, 1.807) is 12.3 Å². The summed E-state index contributed by atoms with van der Waals surface area (Å²) in [6.45, 7) is 7.70. The average Bonchev–Trinajstić information content (AvgIpc) is 2.37. The Hall–Kier alpha value is -1.66. The molecule has 1 heterocycles. The SMILES string of the molecule is CCN(CC(=O)NC(C)C)Cc1cc(NN)ccn1. The Labute approximate surface area is 114 Å². The Kier molecular flexibility index (Phi) is 6.24. The van der Waals surface area contributed by atoms with Crippen molar-refractivity contribution < 1.29 is 4.79 Å². The lowest BCUT2D eigenvalue weighted by Gasteiger charge is -2.20. The number of hydrogen-bond acceptors (Lipinski definition) is 5. The summed E-state index contributed by atoms with van der Waals surface area (Å²) in [5.74, 6) is 5.39. The molecule has 0 spiro atoms. The Morgan fingerprint density at radius 3 is 2.84 bits per heavy atom. The van der Waals surface area contributed by atoms with E-state index < -0.39 is 0 Å². The molecule has 0 fully saturated rings. The monoisotopic (exact) mass is 265 g/mol. The fraction of sp³-hybridized carbons (Fsp3) is 0.538. The lowest BCUT2D eigenvalue weighted by Crippen LogP contribution is -2.39. The number of rotatable bonds is 7. The number of carbonyl (C=O) groups is 1. The Balaban J connectivity index is 2.58. The van der Waals surface area contributed by atoms with Crippen molar-refractivity contribution in [1.82, 2.24) is 15.2 Å². The van der Waals surface area contributed by atoms with Crippen LogP contribution in [0.15, 0.2) is 18.3 Å². The van der Waals surface area contributed by atoms with Gasteiger partial charge in [0.25, 0.3) is 0 Å². The first-order chi connectivity index (χ1) is 9.05. The van der Waals surface area contributed by atoms with Gasteiger partial charge in [0.1, 0.15) is 0 Å². The fourth-order valence-electron chi connectivity index (χ4n) is 1.73. The number of nitrogens with one attached hydrogen (secondary N) is 2. The van der Waals surface area contributed by atoms with Gasteiger partial charge in [-0.25, -0.2) is 0 Å². The number of nitrogens with two attached hydrogens (primary N) is 1. The van der Waals surface area contributed by atoms with E-state index >= 15 is 0 Å². The van der Waals surface area contributed by atoms with Crippen LogP contribution in [0.1, 0.15) is 26.5 Å². The minimum atomic E-state index is 0.0324. The minimum absolute atomic E-state index is 0.0324. The molecule has 0 atom stereocenters. The summed E-state index contributed by atoms with van der Waals surface area (Å²) >= 11 is 0. The van der Waals surface area contributed by atoms with E-state index in [9.17, 15) is 4.79 Å². The summed E-state index contributed by atoms with van der Waals surface area (Å²) in [5.41, 5.74) is 4.28. The topological polar surface area (TPSA) is 83.3 Å². The number of carbonyl (C=O) groups excluding carboxylic acids is 1. The molecule has 0 saturated heterocycles. The van der Waals surface area contributed by atoms with Crippen molar-refractivity contribution in [3.8, 4) is 0 Å². The molecule has 1 rings (SSSR count). The molecule has 4 N–H and O–H groups in total. The summed E-state index contributed by atoms with van der Waals surface area (Å²) in [7, 11) is 0. The van der Waals surface area contributed by atoms with Crippen molar-refractivity contribution in [3.63, 3.8) is 0 Å². The number of hydrazine groups is 1. The van der Waals surface area contributed by atoms with Gasteiger partial charge in [-0.3, -0.25) is 20.5 Å². The van der Waals surface area contributed by atoms with Crippen LogP contribution in [0.5, 0.6) is 0 Å². The van der Waals surface area contributed by atoms with Crippen LogP contribution >= 0.6 is 0 Å². The molecule has 1 aromatic heterocycles. The van der Waals surface area contributed by atoms with E-state index in [1.807, 2.05) is 31.7 Å². The molecule has 0 radical (unpaired) electrons. The molecule has 1 aromatic rings. The van der Waals surface area contributed by atoms with Crippen LogP contribution in [0.4, 0.5) is 5.69 Å². The standard InChI is InChI=1S/C13H23N5O/c1-4-18(9-13(19)16-10(2)3)8-12-7-11(17-14)5-6-15-12/h5-7,10H,4,8-9,14H2,1-3H3,(H,15,17)(H,16,19). The summed E-state index contributed by atoms with van der Waals surface area (Å²) in [6.07, 6.45) is 1.70. The molecule has 0 bridgehead atoms. The highest BCUT2D eigenvalue weighted by molar-refractivity contribution is 5.78. The molecule has 106 valence electrons. The number of anilines is 1. The number of nitrogen functional groups attached to an aromatic ring is 1. The van der Waals surface area contributed by atoms with Gasteiger partial charge in [0.2, 0.25) is 5.91 Å². The van der Waals surface area contributed by atoms with Crippen LogP contribution in [0.25, 0.3) is 0 Å². The quantitative estimate of drug-likeness (QED) is 0.499. The second-order valence-electron chi connectivity index (χ2n) is 4.71. The van der Waals surface area contributed by atoms with Gasteiger partial charge in [-0.15, -0.1) is 0 Å². The maximum atomic E-state index is 11.7. The van der Waals surface area contributed by atoms with E-state index in [-0.39, 0.29) is 11.9 Å². The van der Waals surface area contributed by atoms with Gasteiger partial charge < -0.3 is 10.7 Å². The molecule has 6 heteroatoms. The Bertz CT molecular complexity index is 408. The van der Waals surface area contributed by atoms with E-state index in [1.165, 1.54) is 0 Å². The number of amides is 1. The van der Waals surface area contributed by atoms with Crippen molar-refractivity contribution in [2.24, 2.45) is 5.84 Å². The second kappa shape index (κ2) is 7.70. The molecule has 0 aromatic carbocycles.